The van der Waals surface area contributed by atoms with Gasteiger partial charge in [-0.1, -0.05) is 48.0 Å². The van der Waals surface area contributed by atoms with Gasteiger partial charge in [0.1, 0.15) is 6.54 Å². The summed E-state index contributed by atoms with van der Waals surface area (Å²) in [6, 6.07) is 13.8. The second kappa shape index (κ2) is 8.67. The topological polar surface area (TPSA) is 92.8 Å². The summed E-state index contributed by atoms with van der Waals surface area (Å²) in [4.78, 5) is 49.2. The van der Waals surface area contributed by atoms with E-state index in [9.17, 15) is 19.2 Å². The largest absolute Gasteiger partial charge is 0.454 e. The van der Waals surface area contributed by atoms with Gasteiger partial charge < -0.3 is 10.1 Å². The van der Waals surface area contributed by atoms with E-state index in [2.05, 4.69) is 5.32 Å². The molecule has 0 saturated carbocycles. The van der Waals surface area contributed by atoms with Crippen LogP contribution in [-0.4, -0.2) is 41.7 Å². The Labute approximate surface area is 166 Å². The fraction of sp³-hybridized carbons (Fsp3) is 0.200. The number of esters is 1. The zero-order valence-electron chi connectivity index (χ0n) is 14.8. The Morgan fingerprint density at radius 3 is 2.57 bits per heavy atom. The van der Waals surface area contributed by atoms with E-state index in [1.165, 1.54) is 0 Å². The molecule has 1 aliphatic heterocycles. The van der Waals surface area contributed by atoms with E-state index in [4.69, 9.17) is 16.3 Å². The number of carbonyl (C=O) groups excluding carboxylic acids is 4. The lowest BCUT2D eigenvalue weighted by Crippen LogP contribution is -2.45. The summed E-state index contributed by atoms with van der Waals surface area (Å²) in [5.41, 5.74) is 1.74. The SMILES string of the molecule is O=C(COC(=O)CN1C(=O)Cc2ccccc2C1=O)NCc1ccccc1Cl. The van der Waals surface area contributed by atoms with Crippen LogP contribution in [0.5, 0.6) is 0 Å². The first kappa shape index (κ1) is 19.6. The van der Waals surface area contributed by atoms with Crippen molar-refractivity contribution in [2.24, 2.45) is 0 Å². The van der Waals surface area contributed by atoms with Crippen LogP contribution < -0.4 is 5.32 Å². The number of halogens is 1. The van der Waals surface area contributed by atoms with Crippen molar-refractivity contribution in [3.63, 3.8) is 0 Å². The minimum Gasteiger partial charge on any atom is -0.454 e. The molecule has 0 saturated heterocycles. The molecular formula is C20H17ClN2O5. The van der Waals surface area contributed by atoms with Gasteiger partial charge in [0.2, 0.25) is 5.91 Å². The zero-order chi connectivity index (χ0) is 20.1. The number of fused-ring (bicyclic) bond motifs is 1. The van der Waals surface area contributed by atoms with Crippen LogP contribution in [-0.2, 0) is 32.1 Å². The molecule has 0 aromatic heterocycles. The lowest BCUT2D eigenvalue weighted by Gasteiger charge is -2.25. The maximum absolute atomic E-state index is 12.4. The van der Waals surface area contributed by atoms with Crippen molar-refractivity contribution < 1.29 is 23.9 Å². The molecule has 2 aromatic rings. The van der Waals surface area contributed by atoms with Crippen LogP contribution in [0.3, 0.4) is 0 Å². The minimum atomic E-state index is -0.839. The van der Waals surface area contributed by atoms with Crippen LogP contribution in [0.15, 0.2) is 48.5 Å². The van der Waals surface area contributed by atoms with E-state index in [1.807, 2.05) is 0 Å². The lowest BCUT2D eigenvalue weighted by atomic mass is 9.98. The Kier molecular flexibility index (Phi) is 6.06. The minimum absolute atomic E-state index is 0.0352. The molecule has 0 unspecified atom stereocenters. The number of amides is 3. The molecule has 0 radical (unpaired) electrons. The molecule has 144 valence electrons. The van der Waals surface area contributed by atoms with Gasteiger partial charge in [0, 0.05) is 17.1 Å². The third-order valence-electron chi connectivity index (χ3n) is 4.22. The first-order chi connectivity index (χ1) is 13.5. The third kappa shape index (κ3) is 4.55. The summed E-state index contributed by atoms with van der Waals surface area (Å²) >= 11 is 6.00. The van der Waals surface area contributed by atoms with Gasteiger partial charge in [-0.2, -0.15) is 0 Å². The highest BCUT2D eigenvalue weighted by Crippen LogP contribution is 2.19. The Balaban J connectivity index is 1.49. The van der Waals surface area contributed by atoms with Crippen molar-refractivity contribution >= 4 is 35.3 Å². The van der Waals surface area contributed by atoms with E-state index in [-0.39, 0.29) is 13.0 Å². The van der Waals surface area contributed by atoms with E-state index in [0.717, 1.165) is 10.5 Å². The van der Waals surface area contributed by atoms with Gasteiger partial charge in [0.05, 0.1) is 6.42 Å². The molecule has 1 N–H and O–H groups in total. The van der Waals surface area contributed by atoms with Crippen molar-refractivity contribution in [2.75, 3.05) is 13.2 Å². The molecule has 3 amide bonds. The van der Waals surface area contributed by atoms with Crippen LogP contribution >= 0.6 is 11.6 Å². The van der Waals surface area contributed by atoms with Crippen molar-refractivity contribution in [3.05, 3.63) is 70.2 Å². The summed E-state index contributed by atoms with van der Waals surface area (Å²) in [5.74, 6) is -2.39. The molecule has 3 rings (SSSR count). The first-order valence-electron chi connectivity index (χ1n) is 8.54. The second-order valence-electron chi connectivity index (χ2n) is 6.15. The highest BCUT2D eigenvalue weighted by atomic mass is 35.5. The predicted molar refractivity (Wildman–Crippen MR) is 100 cm³/mol. The van der Waals surface area contributed by atoms with E-state index in [0.29, 0.717) is 16.1 Å². The first-order valence-corrected chi connectivity index (χ1v) is 8.92. The molecule has 0 bridgehead atoms. The molecule has 0 aliphatic carbocycles. The maximum Gasteiger partial charge on any atom is 0.326 e. The van der Waals surface area contributed by atoms with Crippen molar-refractivity contribution in [1.29, 1.82) is 0 Å². The van der Waals surface area contributed by atoms with Gasteiger partial charge in [-0.25, -0.2) is 0 Å². The Hall–Kier alpha value is -3.19. The molecule has 0 fully saturated rings. The van der Waals surface area contributed by atoms with Gasteiger partial charge in [-0.05, 0) is 23.3 Å². The molecular weight excluding hydrogens is 384 g/mol. The number of hydrogen-bond acceptors (Lipinski definition) is 5. The highest BCUT2D eigenvalue weighted by molar-refractivity contribution is 6.31. The van der Waals surface area contributed by atoms with E-state index >= 15 is 0 Å². The quantitative estimate of drug-likeness (QED) is 0.588. The van der Waals surface area contributed by atoms with Crippen LogP contribution in [0.4, 0.5) is 0 Å². The fourth-order valence-corrected chi connectivity index (χ4v) is 2.97. The Bertz CT molecular complexity index is 944. The predicted octanol–water partition coefficient (Wildman–Crippen LogP) is 1.72. The van der Waals surface area contributed by atoms with Crippen molar-refractivity contribution in [3.8, 4) is 0 Å². The summed E-state index contributed by atoms with van der Waals surface area (Å²) in [5, 5.41) is 3.10. The summed E-state index contributed by atoms with van der Waals surface area (Å²) in [6.07, 6.45) is 0.0352. The lowest BCUT2D eigenvalue weighted by molar-refractivity contribution is -0.151. The van der Waals surface area contributed by atoms with Crippen LogP contribution in [0.25, 0.3) is 0 Å². The smallest absolute Gasteiger partial charge is 0.326 e. The second-order valence-corrected chi connectivity index (χ2v) is 6.55. The molecule has 28 heavy (non-hydrogen) atoms. The van der Waals surface area contributed by atoms with Gasteiger partial charge in [-0.15, -0.1) is 0 Å². The van der Waals surface area contributed by atoms with Crippen LogP contribution in [0.1, 0.15) is 21.5 Å². The van der Waals surface area contributed by atoms with Crippen molar-refractivity contribution in [1.82, 2.24) is 10.2 Å². The van der Waals surface area contributed by atoms with Crippen molar-refractivity contribution in [2.45, 2.75) is 13.0 Å². The summed E-state index contributed by atoms with van der Waals surface area (Å²) in [6.45, 7) is -0.865. The molecule has 1 aliphatic rings. The number of imide groups is 1. The van der Waals surface area contributed by atoms with Crippen LogP contribution in [0.2, 0.25) is 5.02 Å². The molecule has 8 heteroatoms. The molecule has 0 atom stereocenters. The molecule has 2 aromatic carbocycles. The van der Waals surface area contributed by atoms with Gasteiger partial charge in [-0.3, -0.25) is 24.1 Å². The number of rotatable bonds is 6. The number of hydrogen-bond donors (Lipinski definition) is 1. The Morgan fingerprint density at radius 1 is 1.07 bits per heavy atom. The average Bonchev–Trinajstić information content (AvgIpc) is 2.69. The molecule has 7 nitrogen and oxygen atoms in total. The number of ether oxygens (including phenoxy) is 1. The molecule has 0 spiro atoms. The third-order valence-corrected chi connectivity index (χ3v) is 4.59. The highest BCUT2D eigenvalue weighted by Gasteiger charge is 2.32. The van der Waals surface area contributed by atoms with E-state index < -0.39 is 36.8 Å². The molecule has 1 heterocycles. The number of benzene rings is 2. The van der Waals surface area contributed by atoms with E-state index in [1.54, 1.807) is 48.5 Å². The number of carbonyl (C=O) groups is 4. The number of nitrogens with one attached hydrogen (secondary N) is 1. The number of nitrogens with zero attached hydrogens (tertiary/aromatic N) is 1. The standard InChI is InChI=1S/C20H17ClN2O5/c21-16-8-4-2-6-14(16)10-22-17(24)12-28-19(26)11-23-18(25)9-13-5-1-3-7-15(13)20(23)27/h1-8H,9-12H2,(H,22,24). The average molecular weight is 401 g/mol. The Morgan fingerprint density at radius 2 is 1.79 bits per heavy atom. The fourth-order valence-electron chi connectivity index (χ4n) is 2.77. The maximum atomic E-state index is 12.4. The summed E-state index contributed by atoms with van der Waals surface area (Å²) < 4.78 is 4.88. The van der Waals surface area contributed by atoms with Gasteiger partial charge >= 0.3 is 5.97 Å². The monoisotopic (exact) mass is 400 g/mol. The zero-order valence-corrected chi connectivity index (χ0v) is 15.6. The normalized spacial score (nSPS) is 13.1. The summed E-state index contributed by atoms with van der Waals surface area (Å²) in [7, 11) is 0. The van der Waals surface area contributed by atoms with Gasteiger partial charge in [0.15, 0.2) is 6.61 Å². The van der Waals surface area contributed by atoms with Gasteiger partial charge in [0.25, 0.3) is 11.8 Å². The van der Waals surface area contributed by atoms with Crippen LogP contribution in [0, 0.1) is 0 Å².